The van der Waals surface area contributed by atoms with E-state index in [9.17, 15) is 9.59 Å². The predicted molar refractivity (Wildman–Crippen MR) is 78.8 cm³/mol. The van der Waals surface area contributed by atoms with Gasteiger partial charge in [-0.25, -0.2) is 9.59 Å². The third-order valence-corrected chi connectivity index (χ3v) is 4.19. The average Bonchev–Trinajstić information content (AvgIpc) is 2.77. The molecule has 1 fully saturated rings. The van der Waals surface area contributed by atoms with E-state index in [0.717, 1.165) is 3.57 Å². The van der Waals surface area contributed by atoms with Crippen molar-refractivity contribution < 1.29 is 14.7 Å². The molecule has 1 atom stereocenters. The summed E-state index contributed by atoms with van der Waals surface area (Å²) in [4.78, 5) is 24.3. The summed E-state index contributed by atoms with van der Waals surface area (Å²) in [5.41, 5.74) is 0.674. The summed E-state index contributed by atoms with van der Waals surface area (Å²) in [7, 11) is 0. The van der Waals surface area contributed by atoms with E-state index < -0.39 is 12.0 Å². The normalized spacial score (nSPS) is 18.7. The number of carbonyl (C=O) groups is 2. The number of halogens is 1. The summed E-state index contributed by atoms with van der Waals surface area (Å²) >= 11 is 3.60. The lowest BCUT2D eigenvalue weighted by Crippen LogP contribution is -2.43. The molecule has 0 bridgehead atoms. The van der Waals surface area contributed by atoms with Crippen LogP contribution in [0.25, 0.3) is 0 Å². The summed E-state index contributed by atoms with van der Waals surface area (Å²) in [5.74, 6) is -0.111. The fourth-order valence-electron chi connectivity index (χ4n) is 1.61. The van der Waals surface area contributed by atoms with Crippen molar-refractivity contribution in [1.82, 2.24) is 4.90 Å². The number of thioether (sulfide) groups is 1. The Morgan fingerprint density at radius 3 is 2.94 bits per heavy atom. The number of nitrogens with one attached hydrogen (secondary N) is 1. The molecule has 0 aromatic heterocycles. The topological polar surface area (TPSA) is 69.6 Å². The summed E-state index contributed by atoms with van der Waals surface area (Å²) < 4.78 is 1.01. The van der Waals surface area contributed by atoms with Crippen molar-refractivity contribution in [2.24, 2.45) is 0 Å². The summed E-state index contributed by atoms with van der Waals surface area (Å²) in [6, 6.07) is 6.26. The molecule has 2 amide bonds. The number of benzene rings is 1. The largest absolute Gasteiger partial charge is 0.480 e. The summed E-state index contributed by atoms with van der Waals surface area (Å²) in [6.07, 6.45) is 0. The molecule has 0 saturated carbocycles. The van der Waals surface area contributed by atoms with E-state index in [1.807, 2.05) is 18.2 Å². The first-order valence-electron chi connectivity index (χ1n) is 5.21. The lowest BCUT2D eigenvalue weighted by molar-refractivity contribution is -0.140. The molecule has 18 heavy (non-hydrogen) atoms. The first-order valence-corrected chi connectivity index (χ1v) is 7.45. The second kappa shape index (κ2) is 5.79. The number of rotatable bonds is 2. The lowest BCUT2D eigenvalue weighted by atomic mass is 10.3. The number of hydrogen-bond acceptors (Lipinski definition) is 3. The standard InChI is InChI=1S/C11H11IN2O3S/c12-7-2-1-3-8(4-7)13-11(17)14-6-18-5-9(14)10(15)16/h1-4,9H,5-6H2,(H,13,17)(H,15,16)/t9-/m0/s1. The van der Waals surface area contributed by atoms with Gasteiger partial charge in [-0.3, -0.25) is 0 Å². The molecule has 96 valence electrons. The van der Waals surface area contributed by atoms with E-state index in [-0.39, 0.29) is 6.03 Å². The Balaban J connectivity index is 2.06. The monoisotopic (exact) mass is 378 g/mol. The van der Waals surface area contributed by atoms with Gasteiger partial charge in [0.25, 0.3) is 0 Å². The number of urea groups is 1. The van der Waals surface area contributed by atoms with Crippen LogP contribution in [0, 0.1) is 3.57 Å². The van der Waals surface area contributed by atoms with E-state index >= 15 is 0 Å². The Hall–Kier alpha value is -0.960. The Kier molecular flexibility index (Phi) is 4.33. The highest BCUT2D eigenvalue weighted by molar-refractivity contribution is 14.1. The van der Waals surface area contributed by atoms with Crippen LogP contribution in [-0.2, 0) is 4.79 Å². The van der Waals surface area contributed by atoms with Gasteiger partial charge < -0.3 is 15.3 Å². The van der Waals surface area contributed by atoms with Gasteiger partial charge in [-0.15, -0.1) is 11.8 Å². The van der Waals surface area contributed by atoms with Crippen LogP contribution < -0.4 is 5.32 Å². The Morgan fingerprint density at radius 1 is 1.50 bits per heavy atom. The Bertz CT molecular complexity index is 483. The zero-order valence-electron chi connectivity index (χ0n) is 9.30. The Labute approximate surface area is 122 Å². The smallest absolute Gasteiger partial charge is 0.327 e. The highest BCUT2D eigenvalue weighted by Crippen LogP contribution is 2.22. The van der Waals surface area contributed by atoms with Crippen LogP contribution in [0.1, 0.15) is 0 Å². The van der Waals surface area contributed by atoms with Crippen LogP contribution in [-0.4, -0.2) is 39.7 Å². The fourth-order valence-corrected chi connectivity index (χ4v) is 3.30. The van der Waals surface area contributed by atoms with Gasteiger partial charge >= 0.3 is 12.0 Å². The van der Waals surface area contributed by atoms with Crippen molar-refractivity contribution in [2.75, 3.05) is 16.9 Å². The molecule has 0 radical (unpaired) electrons. The molecule has 2 rings (SSSR count). The van der Waals surface area contributed by atoms with E-state index in [1.165, 1.54) is 16.7 Å². The number of anilines is 1. The van der Waals surface area contributed by atoms with Crippen LogP contribution in [0.2, 0.25) is 0 Å². The maximum absolute atomic E-state index is 12.0. The molecular formula is C11H11IN2O3S. The second-order valence-corrected chi connectivity index (χ2v) is 6.01. The molecule has 1 heterocycles. The third-order valence-electron chi connectivity index (χ3n) is 2.50. The summed E-state index contributed by atoms with van der Waals surface area (Å²) in [6.45, 7) is 0. The molecule has 0 aliphatic carbocycles. The van der Waals surface area contributed by atoms with Crippen molar-refractivity contribution in [3.63, 3.8) is 0 Å². The van der Waals surface area contributed by atoms with Gasteiger partial charge in [0.15, 0.2) is 0 Å². The minimum atomic E-state index is -0.960. The van der Waals surface area contributed by atoms with E-state index in [2.05, 4.69) is 27.9 Å². The van der Waals surface area contributed by atoms with E-state index in [4.69, 9.17) is 5.11 Å². The number of aliphatic carboxylic acids is 1. The molecular weight excluding hydrogens is 367 g/mol. The molecule has 1 aliphatic rings. The van der Waals surface area contributed by atoms with Crippen LogP contribution in [0.3, 0.4) is 0 Å². The highest BCUT2D eigenvalue weighted by Gasteiger charge is 2.34. The fraction of sp³-hybridized carbons (Fsp3) is 0.273. The van der Waals surface area contributed by atoms with Gasteiger partial charge in [-0.05, 0) is 40.8 Å². The molecule has 2 N–H and O–H groups in total. The van der Waals surface area contributed by atoms with Gasteiger partial charge in [0.1, 0.15) is 6.04 Å². The maximum Gasteiger partial charge on any atom is 0.327 e. The van der Waals surface area contributed by atoms with Gasteiger partial charge in [0, 0.05) is 15.0 Å². The SMILES string of the molecule is O=C(O)[C@@H]1CSCN1C(=O)Nc1cccc(I)c1. The van der Waals surface area contributed by atoms with Gasteiger partial charge in [0.2, 0.25) is 0 Å². The zero-order chi connectivity index (χ0) is 13.1. The molecule has 5 nitrogen and oxygen atoms in total. The minimum absolute atomic E-state index is 0.366. The number of carbonyl (C=O) groups excluding carboxylic acids is 1. The van der Waals surface area contributed by atoms with Gasteiger partial charge in [-0.2, -0.15) is 0 Å². The number of amides is 2. The van der Waals surface area contributed by atoms with Crippen LogP contribution >= 0.6 is 34.4 Å². The molecule has 1 aliphatic heterocycles. The highest BCUT2D eigenvalue weighted by atomic mass is 127. The lowest BCUT2D eigenvalue weighted by Gasteiger charge is -2.20. The van der Waals surface area contributed by atoms with E-state index in [1.54, 1.807) is 6.07 Å². The van der Waals surface area contributed by atoms with Gasteiger partial charge in [0.05, 0.1) is 5.88 Å². The molecule has 7 heteroatoms. The predicted octanol–water partition coefficient (Wildman–Crippen LogP) is 2.28. The van der Waals surface area contributed by atoms with Crippen molar-refractivity contribution in [2.45, 2.75) is 6.04 Å². The average molecular weight is 378 g/mol. The minimum Gasteiger partial charge on any atom is -0.480 e. The molecule has 0 spiro atoms. The van der Waals surface area contributed by atoms with Crippen molar-refractivity contribution in [3.05, 3.63) is 27.8 Å². The second-order valence-electron chi connectivity index (χ2n) is 3.76. The number of nitrogens with zero attached hydrogens (tertiary/aromatic N) is 1. The zero-order valence-corrected chi connectivity index (χ0v) is 12.3. The van der Waals surface area contributed by atoms with Gasteiger partial charge in [-0.1, -0.05) is 6.07 Å². The summed E-state index contributed by atoms with van der Waals surface area (Å²) in [5, 5.41) is 11.7. The number of carboxylic acids is 1. The molecule has 0 unspecified atom stereocenters. The maximum atomic E-state index is 12.0. The molecule has 1 aromatic rings. The number of carboxylic acid groups (broad SMARTS) is 1. The van der Waals surface area contributed by atoms with Crippen LogP contribution in [0.4, 0.5) is 10.5 Å². The number of hydrogen-bond donors (Lipinski definition) is 2. The van der Waals surface area contributed by atoms with E-state index in [0.29, 0.717) is 17.3 Å². The molecule has 1 aromatic carbocycles. The molecule has 1 saturated heterocycles. The van der Waals surface area contributed by atoms with Crippen molar-refractivity contribution >= 4 is 52.0 Å². The third kappa shape index (κ3) is 3.08. The van der Waals surface area contributed by atoms with Crippen LogP contribution in [0.5, 0.6) is 0 Å². The van der Waals surface area contributed by atoms with Crippen molar-refractivity contribution in [3.8, 4) is 0 Å². The van der Waals surface area contributed by atoms with Crippen molar-refractivity contribution in [1.29, 1.82) is 0 Å². The quantitative estimate of drug-likeness (QED) is 0.775. The Morgan fingerprint density at radius 2 is 2.28 bits per heavy atom. The van der Waals surface area contributed by atoms with Crippen LogP contribution in [0.15, 0.2) is 24.3 Å². The first-order chi connectivity index (χ1) is 8.58. The first kappa shape index (κ1) is 13.5.